The highest BCUT2D eigenvalue weighted by Crippen LogP contribution is 2.24. The smallest absolute Gasteiger partial charge is 0.165 e. The van der Waals surface area contributed by atoms with Crippen molar-refractivity contribution in [2.75, 3.05) is 6.61 Å². The summed E-state index contributed by atoms with van der Waals surface area (Å²) >= 11 is 0. The van der Waals surface area contributed by atoms with E-state index >= 15 is 0 Å². The molecule has 1 N–H and O–H groups in total. The predicted octanol–water partition coefficient (Wildman–Crippen LogP) is 1.30. The van der Waals surface area contributed by atoms with Crippen LogP contribution >= 0.6 is 0 Å². The SMILES string of the molecule is CC1CC(n2nnnc2CNC(C)(C)C)CCO1. The molecule has 0 amide bonds. The van der Waals surface area contributed by atoms with Crippen LogP contribution in [0.25, 0.3) is 0 Å². The van der Waals surface area contributed by atoms with Crippen LogP contribution in [0.2, 0.25) is 0 Å². The van der Waals surface area contributed by atoms with E-state index in [9.17, 15) is 0 Å². The zero-order valence-electron chi connectivity index (χ0n) is 11.7. The van der Waals surface area contributed by atoms with E-state index in [4.69, 9.17) is 4.74 Å². The second-order valence-electron chi connectivity index (χ2n) is 6.00. The highest BCUT2D eigenvalue weighted by atomic mass is 16.5. The summed E-state index contributed by atoms with van der Waals surface area (Å²) < 4.78 is 7.52. The molecular weight excluding hydrogens is 230 g/mol. The van der Waals surface area contributed by atoms with Crippen molar-refractivity contribution in [2.45, 2.75) is 64.8 Å². The maximum Gasteiger partial charge on any atom is 0.165 e. The van der Waals surface area contributed by atoms with E-state index in [1.54, 1.807) is 0 Å². The molecule has 0 radical (unpaired) electrons. The molecule has 1 aliphatic rings. The first-order valence-corrected chi connectivity index (χ1v) is 6.59. The van der Waals surface area contributed by atoms with Crippen LogP contribution in [-0.2, 0) is 11.3 Å². The van der Waals surface area contributed by atoms with Crippen LogP contribution in [0.1, 0.15) is 52.4 Å². The number of hydrogen-bond donors (Lipinski definition) is 1. The lowest BCUT2D eigenvalue weighted by Gasteiger charge is -2.28. The van der Waals surface area contributed by atoms with Gasteiger partial charge < -0.3 is 10.1 Å². The first-order valence-electron chi connectivity index (χ1n) is 6.59. The molecule has 0 spiro atoms. The second kappa shape index (κ2) is 5.32. The van der Waals surface area contributed by atoms with Gasteiger partial charge in [0.25, 0.3) is 0 Å². The average Bonchev–Trinajstić information content (AvgIpc) is 2.73. The van der Waals surface area contributed by atoms with Crippen molar-refractivity contribution < 1.29 is 4.74 Å². The molecule has 1 aromatic rings. The van der Waals surface area contributed by atoms with Crippen LogP contribution in [0.4, 0.5) is 0 Å². The third-order valence-corrected chi connectivity index (χ3v) is 3.14. The predicted molar refractivity (Wildman–Crippen MR) is 68.1 cm³/mol. The Hall–Kier alpha value is -1.01. The molecule has 6 nitrogen and oxygen atoms in total. The van der Waals surface area contributed by atoms with E-state index in [1.165, 1.54) is 0 Å². The van der Waals surface area contributed by atoms with Crippen molar-refractivity contribution in [2.24, 2.45) is 0 Å². The van der Waals surface area contributed by atoms with Gasteiger partial charge >= 0.3 is 0 Å². The summed E-state index contributed by atoms with van der Waals surface area (Å²) in [5, 5.41) is 15.5. The van der Waals surface area contributed by atoms with E-state index in [0.717, 1.165) is 25.3 Å². The largest absolute Gasteiger partial charge is 0.378 e. The van der Waals surface area contributed by atoms with Gasteiger partial charge in [-0.2, -0.15) is 0 Å². The molecule has 2 rings (SSSR count). The van der Waals surface area contributed by atoms with Crippen LogP contribution in [0.3, 0.4) is 0 Å². The minimum atomic E-state index is 0.0692. The van der Waals surface area contributed by atoms with E-state index in [1.807, 2.05) is 4.68 Å². The Kier molecular flexibility index (Phi) is 3.97. The minimum Gasteiger partial charge on any atom is -0.378 e. The third-order valence-electron chi connectivity index (χ3n) is 3.14. The van der Waals surface area contributed by atoms with Crippen LogP contribution in [-0.4, -0.2) is 38.5 Å². The number of aromatic nitrogens is 4. The fourth-order valence-corrected chi connectivity index (χ4v) is 2.15. The molecule has 0 aromatic carbocycles. The molecule has 2 heterocycles. The molecular formula is C12H23N5O. The van der Waals surface area contributed by atoms with Gasteiger partial charge in [0.15, 0.2) is 5.82 Å². The Morgan fingerprint density at radius 3 is 2.89 bits per heavy atom. The summed E-state index contributed by atoms with van der Waals surface area (Å²) in [4.78, 5) is 0. The molecule has 1 fully saturated rings. The van der Waals surface area contributed by atoms with Crippen LogP contribution in [0.15, 0.2) is 0 Å². The maximum atomic E-state index is 5.56. The van der Waals surface area contributed by atoms with Gasteiger partial charge in [-0.3, -0.25) is 0 Å². The summed E-state index contributed by atoms with van der Waals surface area (Å²) in [5.41, 5.74) is 0.0692. The van der Waals surface area contributed by atoms with Gasteiger partial charge in [-0.1, -0.05) is 0 Å². The molecule has 2 atom stereocenters. The molecule has 1 aliphatic heterocycles. The van der Waals surface area contributed by atoms with E-state index in [-0.39, 0.29) is 11.6 Å². The van der Waals surface area contributed by atoms with E-state index in [2.05, 4.69) is 48.5 Å². The van der Waals surface area contributed by atoms with Crippen molar-refractivity contribution in [3.05, 3.63) is 5.82 Å². The molecule has 2 unspecified atom stereocenters. The quantitative estimate of drug-likeness (QED) is 0.879. The number of hydrogen-bond acceptors (Lipinski definition) is 5. The molecule has 0 saturated carbocycles. The summed E-state index contributed by atoms with van der Waals surface area (Å²) in [6.07, 6.45) is 2.25. The minimum absolute atomic E-state index is 0.0692. The molecule has 6 heteroatoms. The number of rotatable bonds is 3. The number of nitrogens with one attached hydrogen (secondary N) is 1. The zero-order valence-corrected chi connectivity index (χ0v) is 11.7. The van der Waals surface area contributed by atoms with Crippen LogP contribution in [0.5, 0.6) is 0 Å². The van der Waals surface area contributed by atoms with E-state index < -0.39 is 0 Å². The van der Waals surface area contributed by atoms with Gasteiger partial charge in [0, 0.05) is 12.1 Å². The highest BCUT2D eigenvalue weighted by molar-refractivity contribution is 4.88. The Morgan fingerprint density at radius 2 is 2.22 bits per heavy atom. The lowest BCUT2D eigenvalue weighted by Crippen LogP contribution is -2.36. The zero-order chi connectivity index (χ0) is 13.2. The molecule has 1 aromatic heterocycles. The lowest BCUT2D eigenvalue weighted by atomic mass is 10.0. The van der Waals surface area contributed by atoms with Gasteiger partial charge in [-0.05, 0) is 51.0 Å². The Balaban J connectivity index is 2.02. The fourth-order valence-electron chi connectivity index (χ4n) is 2.15. The number of nitrogens with zero attached hydrogens (tertiary/aromatic N) is 4. The van der Waals surface area contributed by atoms with Crippen molar-refractivity contribution in [1.29, 1.82) is 0 Å². The van der Waals surface area contributed by atoms with Crippen LogP contribution < -0.4 is 5.32 Å². The van der Waals surface area contributed by atoms with Crippen molar-refractivity contribution in [3.8, 4) is 0 Å². The van der Waals surface area contributed by atoms with Gasteiger partial charge in [0.2, 0.25) is 0 Å². The van der Waals surface area contributed by atoms with Gasteiger partial charge in [0.05, 0.1) is 18.7 Å². The first kappa shape index (κ1) is 13.4. The molecule has 0 bridgehead atoms. The molecule has 1 saturated heterocycles. The Labute approximate surface area is 108 Å². The number of tetrazole rings is 1. The normalized spacial score (nSPS) is 25.3. The lowest BCUT2D eigenvalue weighted by molar-refractivity contribution is 0.00243. The second-order valence-corrected chi connectivity index (χ2v) is 6.00. The van der Waals surface area contributed by atoms with E-state index in [0.29, 0.717) is 12.6 Å². The first-order chi connectivity index (χ1) is 8.46. The standard InChI is InChI=1S/C12H23N5O/c1-9-7-10(5-6-18-9)17-11(14-15-16-17)8-13-12(2,3)4/h9-10,13H,5-8H2,1-4H3. The average molecular weight is 253 g/mol. The maximum absolute atomic E-state index is 5.56. The summed E-state index contributed by atoms with van der Waals surface area (Å²) in [6, 6.07) is 0.362. The highest BCUT2D eigenvalue weighted by Gasteiger charge is 2.24. The summed E-state index contributed by atoms with van der Waals surface area (Å²) in [7, 11) is 0. The molecule has 0 aliphatic carbocycles. The van der Waals surface area contributed by atoms with Crippen molar-refractivity contribution >= 4 is 0 Å². The Morgan fingerprint density at radius 1 is 1.44 bits per heavy atom. The van der Waals surface area contributed by atoms with Crippen LogP contribution in [0, 0.1) is 0 Å². The van der Waals surface area contributed by atoms with Gasteiger partial charge in [-0.25, -0.2) is 4.68 Å². The fraction of sp³-hybridized carbons (Fsp3) is 0.917. The van der Waals surface area contributed by atoms with Crippen molar-refractivity contribution in [1.82, 2.24) is 25.5 Å². The monoisotopic (exact) mass is 253 g/mol. The van der Waals surface area contributed by atoms with Gasteiger partial charge in [-0.15, -0.1) is 5.10 Å². The summed E-state index contributed by atoms with van der Waals surface area (Å²) in [5.74, 6) is 0.907. The number of ether oxygens (including phenoxy) is 1. The third kappa shape index (κ3) is 3.49. The molecule has 18 heavy (non-hydrogen) atoms. The van der Waals surface area contributed by atoms with Crippen molar-refractivity contribution in [3.63, 3.8) is 0 Å². The topological polar surface area (TPSA) is 64.9 Å². The Bertz CT molecular complexity index is 384. The van der Waals surface area contributed by atoms with Gasteiger partial charge in [0.1, 0.15) is 0 Å². The summed E-state index contributed by atoms with van der Waals surface area (Å²) in [6.45, 7) is 10.00. The molecule has 102 valence electrons.